The predicted molar refractivity (Wildman–Crippen MR) is 85.6 cm³/mol. The first-order valence-corrected chi connectivity index (χ1v) is 8.10. The van der Waals surface area contributed by atoms with Gasteiger partial charge in [-0.05, 0) is 33.3 Å². The van der Waals surface area contributed by atoms with Gasteiger partial charge in [0.15, 0.2) is 0 Å². The van der Waals surface area contributed by atoms with E-state index >= 15 is 0 Å². The number of rotatable bonds is 11. The summed E-state index contributed by atoms with van der Waals surface area (Å²) in [7, 11) is 0. The van der Waals surface area contributed by atoms with E-state index in [0.717, 1.165) is 30.1 Å². The molecule has 1 aromatic heterocycles. The molecule has 21 heavy (non-hydrogen) atoms. The molecule has 2 atom stereocenters. The summed E-state index contributed by atoms with van der Waals surface area (Å²) in [5.74, 6) is 1.86. The van der Waals surface area contributed by atoms with Crippen molar-refractivity contribution in [3.05, 3.63) is 23.2 Å². The van der Waals surface area contributed by atoms with Crippen LogP contribution in [0.2, 0.25) is 0 Å². The molecular formula is C17H31NO3. The van der Waals surface area contributed by atoms with Crippen LogP contribution in [0.25, 0.3) is 0 Å². The summed E-state index contributed by atoms with van der Waals surface area (Å²) in [6.45, 7) is 9.86. The topological polar surface area (TPSA) is 54.6 Å². The highest BCUT2D eigenvalue weighted by atomic mass is 16.5. The van der Waals surface area contributed by atoms with Crippen LogP contribution in [0.1, 0.15) is 62.7 Å². The molecule has 0 saturated carbocycles. The lowest BCUT2D eigenvalue weighted by Gasteiger charge is -2.17. The number of unbranched alkanes of at least 4 members (excludes halogenated alkanes) is 3. The Kier molecular flexibility index (Phi) is 8.66. The summed E-state index contributed by atoms with van der Waals surface area (Å²) in [5.41, 5.74) is 1.15. The van der Waals surface area contributed by atoms with E-state index in [-0.39, 0.29) is 6.04 Å². The number of aryl methyl sites for hydroxylation is 2. The minimum Gasteiger partial charge on any atom is -0.466 e. The van der Waals surface area contributed by atoms with Gasteiger partial charge in [0, 0.05) is 24.8 Å². The molecule has 0 radical (unpaired) electrons. The number of hydrogen-bond acceptors (Lipinski definition) is 4. The van der Waals surface area contributed by atoms with Crippen molar-refractivity contribution in [1.82, 2.24) is 5.32 Å². The maximum absolute atomic E-state index is 9.91. The second kappa shape index (κ2) is 9.98. The lowest BCUT2D eigenvalue weighted by Crippen LogP contribution is -2.32. The Morgan fingerprint density at radius 2 is 2.05 bits per heavy atom. The molecule has 0 fully saturated rings. The van der Waals surface area contributed by atoms with Crippen molar-refractivity contribution in [3.8, 4) is 0 Å². The SMILES string of the molecule is CCCCCCOCC(O)CNC(C)c1cc(C)oc1C. The Bertz CT molecular complexity index is 389. The third-order valence-electron chi connectivity index (χ3n) is 3.66. The van der Waals surface area contributed by atoms with Crippen molar-refractivity contribution in [2.75, 3.05) is 19.8 Å². The highest BCUT2D eigenvalue weighted by molar-refractivity contribution is 5.23. The maximum Gasteiger partial charge on any atom is 0.105 e. The molecule has 2 unspecified atom stereocenters. The van der Waals surface area contributed by atoms with Crippen LogP contribution in [0.15, 0.2) is 10.5 Å². The van der Waals surface area contributed by atoms with E-state index < -0.39 is 6.10 Å². The van der Waals surface area contributed by atoms with Gasteiger partial charge in [-0.25, -0.2) is 0 Å². The average Bonchev–Trinajstić information content (AvgIpc) is 2.79. The molecule has 0 aliphatic carbocycles. The smallest absolute Gasteiger partial charge is 0.105 e. The minimum atomic E-state index is -0.466. The fourth-order valence-corrected chi connectivity index (χ4v) is 2.41. The van der Waals surface area contributed by atoms with Gasteiger partial charge in [-0.15, -0.1) is 0 Å². The van der Waals surface area contributed by atoms with Crippen molar-refractivity contribution in [1.29, 1.82) is 0 Å². The van der Waals surface area contributed by atoms with E-state index in [1.54, 1.807) is 0 Å². The number of aliphatic hydroxyl groups excluding tert-OH is 1. The lowest BCUT2D eigenvalue weighted by molar-refractivity contribution is 0.0343. The Labute approximate surface area is 128 Å². The highest BCUT2D eigenvalue weighted by Gasteiger charge is 2.13. The first kappa shape index (κ1) is 18.2. The van der Waals surface area contributed by atoms with Crippen LogP contribution in [0.5, 0.6) is 0 Å². The first-order chi connectivity index (χ1) is 10.0. The van der Waals surface area contributed by atoms with Gasteiger partial charge >= 0.3 is 0 Å². The van der Waals surface area contributed by atoms with Gasteiger partial charge in [-0.3, -0.25) is 0 Å². The maximum atomic E-state index is 9.91. The van der Waals surface area contributed by atoms with E-state index in [9.17, 15) is 5.11 Å². The van der Waals surface area contributed by atoms with E-state index in [1.807, 2.05) is 19.9 Å². The standard InChI is InChI=1S/C17H31NO3/c1-5-6-7-8-9-20-12-16(19)11-18-14(3)17-10-13(2)21-15(17)4/h10,14,16,18-19H,5-9,11-12H2,1-4H3. The molecule has 0 saturated heterocycles. The van der Waals surface area contributed by atoms with Crippen molar-refractivity contribution < 1.29 is 14.3 Å². The zero-order chi connectivity index (χ0) is 15.7. The van der Waals surface area contributed by atoms with Crippen LogP contribution in [-0.4, -0.2) is 31.0 Å². The molecule has 0 aliphatic heterocycles. The van der Waals surface area contributed by atoms with Crippen molar-refractivity contribution in [3.63, 3.8) is 0 Å². The van der Waals surface area contributed by atoms with Crippen LogP contribution in [-0.2, 0) is 4.74 Å². The van der Waals surface area contributed by atoms with Gasteiger partial charge in [-0.1, -0.05) is 26.2 Å². The second-order valence-corrected chi connectivity index (χ2v) is 5.79. The lowest BCUT2D eigenvalue weighted by atomic mass is 10.1. The van der Waals surface area contributed by atoms with Crippen LogP contribution in [0, 0.1) is 13.8 Å². The van der Waals surface area contributed by atoms with E-state index in [4.69, 9.17) is 9.15 Å². The fraction of sp³-hybridized carbons (Fsp3) is 0.765. The van der Waals surface area contributed by atoms with E-state index in [1.165, 1.54) is 19.3 Å². The zero-order valence-corrected chi connectivity index (χ0v) is 13.9. The third kappa shape index (κ3) is 7.11. The molecule has 0 spiro atoms. The molecule has 4 heteroatoms. The molecule has 122 valence electrons. The molecule has 1 heterocycles. The summed E-state index contributed by atoms with van der Waals surface area (Å²) in [6.07, 6.45) is 4.32. The molecule has 1 rings (SSSR count). The van der Waals surface area contributed by atoms with Crippen LogP contribution >= 0.6 is 0 Å². The van der Waals surface area contributed by atoms with Gasteiger partial charge in [0.05, 0.1) is 12.7 Å². The Hall–Kier alpha value is -0.840. The van der Waals surface area contributed by atoms with Crippen molar-refractivity contribution in [2.45, 2.75) is 65.5 Å². The Morgan fingerprint density at radius 1 is 1.29 bits per heavy atom. The largest absolute Gasteiger partial charge is 0.466 e. The van der Waals surface area contributed by atoms with Gasteiger partial charge in [-0.2, -0.15) is 0 Å². The summed E-state index contributed by atoms with van der Waals surface area (Å²) in [4.78, 5) is 0. The van der Waals surface area contributed by atoms with Gasteiger partial charge in [0.25, 0.3) is 0 Å². The summed E-state index contributed by atoms with van der Waals surface area (Å²) >= 11 is 0. The van der Waals surface area contributed by atoms with Crippen LogP contribution in [0.3, 0.4) is 0 Å². The number of aliphatic hydroxyl groups is 1. The summed E-state index contributed by atoms with van der Waals surface area (Å²) in [6, 6.07) is 2.21. The van der Waals surface area contributed by atoms with Gasteiger partial charge in [0.1, 0.15) is 11.5 Å². The summed E-state index contributed by atoms with van der Waals surface area (Å²) in [5, 5.41) is 13.2. The molecule has 0 amide bonds. The predicted octanol–water partition coefficient (Wildman–Crippen LogP) is 3.50. The van der Waals surface area contributed by atoms with Gasteiger partial charge in [0.2, 0.25) is 0 Å². The fourth-order valence-electron chi connectivity index (χ4n) is 2.41. The number of ether oxygens (including phenoxy) is 1. The minimum absolute atomic E-state index is 0.168. The number of hydrogen-bond donors (Lipinski definition) is 2. The zero-order valence-electron chi connectivity index (χ0n) is 13.9. The molecule has 0 aromatic carbocycles. The van der Waals surface area contributed by atoms with Crippen molar-refractivity contribution in [2.24, 2.45) is 0 Å². The number of nitrogens with one attached hydrogen (secondary N) is 1. The normalized spacial score (nSPS) is 14.3. The first-order valence-electron chi connectivity index (χ1n) is 8.10. The quantitative estimate of drug-likeness (QED) is 0.614. The van der Waals surface area contributed by atoms with E-state index in [2.05, 4.69) is 19.2 Å². The highest BCUT2D eigenvalue weighted by Crippen LogP contribution is 2.20. The summed E-state index contributed by atoms with van der Waals surface area (Å²) < 4.78 is 11.0. The molecule has 4 nitrogen and oxygen atoms in total. The molecule has 0 aliphatic rings. The van der Waals surface area contributed by atoms with Gasteiger partial charge < -0.3 is 19.6 Å². The molecule has 2 N–H and O–H groups in total. The third-order valence-corrected chi connectivity index (χ3v) is 3.66. The van der Waals surface area contributed by atoms with Crippen LogP contribution in [0.4, 0.5) is 0 Å². The van der Waals surface area contributed by atoms with Crippen LogP contribution < -0.4 is 5.32 Å². The monoisotopic (exact) mass is 297 g/mol. The number of furan rings is 1. The van der Waals surface area contributed by atoms with E-state index in [0.29, 0.717) is 13.2 Å². The molecule has 1 aromatic rings. The second-order valence-electron chi connectivity index (χ2n) is 5.79. The average molecular weight is 297 g/mol. The Balaban J connectivity index is 2.15. The molecule has 0 bridgehead atoms. The Morgan fingerprint density at radius 3 is 2.67 bits per heavy atom. The molecular weight excluding hydrogens is 266 g/mol. The van der Waals surface area contributed by atoms with Crippen molar-refractivity contribution >= 4 is 0 Å².